The molecule has 2 aromatic carbocycles. The molecule has 0 radical (unpaired) electrons. The van der Waals surface area contributed by atoms with Crippen molar-refractivity contribution in [2.24, 2.45) is 4.99 Å². The topological polar surface area (TPSA) is 142 Å². The highest BCUT2D eigenvalue weighted by Crippen LogP contribution is 2.45. The molecule has 37 heavy (non-hydrogen) atoms. The summed E-state index contributed by atoms with van der Waals surface area (Å²) in [7, 11) is 0. The van der Waals surface area contributed by atoms with E-state index in [1.165, 1.54) is 24.3 Å². The van der Waals surface area contributed by atoms with Gasteiger partial charge < -0.3 is 0 Å². The number of nitro benzene ring substituents is 1. The molecule has 0 aliphatic heterocycles. The third-order valence-electron chi connectivity index (χ3n) is 6.41. The second-order valence-corrected chi connectivity index (χ2v) is 11.1. The molecular weight excluding hydrogens is 476 g/mol. The standard InChI is InChI=1S/C27H26N4O6/c1-26(2,3)16-7-10-20(27(4,5)6)21(13-16)28-25-19-12-15-11-17(29(32)33)8-9-18(15)24(19)22(30(34)35)14-23(25)31(36)37/h7-14H,1-6H3. The summed E-state index contributed by atoms with van der Waals surface area (Å²) in [4.78, 5) is 38.3. The number of fused-ring (bicyclic) bond motifs is 3. The Hall–Kier alpha value is -4.47. The van der Waals surface area contributed by atoms with Gasteiger partial charge in [0.15, 0.2) is 0 Å². The maximum Gasteiger partial charge on any atom is 0.302 e. The molecular formula is C27H26N4O6. The van der Waals surface area contributed by atoms with E-state index in [0.717, 1.165) is 17.2 Å². The predicted molar refractivity (Wildman–Crippen MR) is 141 cm³/mol. The molecule has 0 heterocycles. The second kappa shape index (κ2) is 8.58. The van der Waals surface area contributed by atoms with Gasteiger partial charge in [-0.05, 0) is 51.3 Å². The first kappa shape index (κ1) is 25.6. The van der Waals surface area contributed by atoms with Gasteiger partial charge in [0.25, 0.3) is 11.4 Å². The van der Waals surface area contributed by atoms with Crippen LogP contribution in [-0.4, -0.2) is 20.5 Å². The van der Waals surface area contributed by atoms with Crippen LogP contribution in [0.15, 0.2) is 64.4 Å². The predicted octanol–water partition coefficient (Wildman–Crippen LogP) is 6.52. The van der Waals surface area contributed by atoms with Crippen LogP contribution in [0, 0.1) is 30.3 Å². The molecule has 0 spiro atoms. The number of benzene rings is 2. The van der Waals surface area contributed by atoms with Gasteiger partial charge >= 0.3 is 5.70 Å². The summed E-state index contributed by atoms with van der Waals surface area (Å²) in [6.45, 7) is 12.2. The lowest BCUT2D eigenvalue weighted by Crippen LogP contribution is -2.21. The Kier molecular flexibility index (Phi) is 5.94. The molecule has 10 nitrogen and oxygen atoms in total. The number of allylic oxidation sites excluding steroid dienone is 3. The van der Waals surface area contributed by atoms with Crippen molar-refractivity contribution < 1.29 is 14.8 Å². The smallest absolute Gasteiger partial charge is 0.258 e. The van der Waals surface area contributed by atoms with E-state index in [4.69, 9.17) is 4.99 Å². The van der Waals surface area contributed by atoms with Crippen LogP contribution in [0.1, 0.15) is 63.8 Å². The minimum absolute atomic E-state index is 0.0268. The monoisotopic (exact) mass is 502 g/mol. The molecule has 0 amide bonds. The Morgan fingerprint density at radius 1 is 0.757 bits per heavy atom. The van der Waals surface area contributed by atoms with E-state index in [1.807, 2.05) is 59.7 Å². The van der Waals surface area contributed by atoms with Crippen molar-refractivity contribution in [3.8, 4) is 0 Å². The molecule has 0 saturated heterocycles. The van der Waals surface area contributed by atoms with Crippen molar-refractivity contribution in [3.05, 3.63) is 112 Å². The van der Waals surface area contributed by atoms with Gasteiger partial charge in [0.2, 0.25) is 0 Å². The fourth-order valence-corrected chi connectivity index (χ4v) is 4.50. The number of aliphatic imine (C=N–C) groups is 1. The second-order valence-electron chi connectivity index (χ2n) is 11.1. The number of hydrogen-bond acceptors (Lipinski definition) is 7. The molecule has 0 N–H and O–H groups in total. The Morgan fingerprint density at radius 3 is 1.97 bits per heavy atom. The lowest BCUT2D eigenvalue weighted by Gasteiger charge is -2.26. The van der Waals surface area contributed by atoms with Crippen LogP contribution >= 0.6 is 0 Å². The van der Waals surface area contributed by atoms with E-state index < -0.39 is 26.2 Å². The van der Waals surface area contributed by atoms with Crippen LogP contribution in [0.25, 0.3) is 11.6 Å². The highest BCUT2D eigenvalue weighted by Gasteiger charge is 2.41. The summed E-state index contributed by atoms with van der Waals surface area (Å²) in [5, 5.41) is 35.4. The zero-order valence-electron chi connectivity index (χ0n) is 21.4. The Bertz CT molecular complexity index is 1510. The molecule has 2 aliphatic carbocycles. The number of non-ortho nitro benzene ring substituents is 1. The minimum Gasteiger partial charge on any atom is -0.258 e. The Balaban J connectivity index is 2.05. The molecule has 190 valence electrons. The molecule has 0 saturated carbocycles. The first-order valence-corrected chi connectivity index (χ1v) is 11.6. The van der Waals surface area contributed by atoms with E-state index in [2.05, 4.69) is 0 Å². The zero-order chi connectivity index (χ0) is 27.4. The SMILES string of the molecule is CC(C)(C)c1ccc(C(C)(C)C)c(N=C2C3=Cc4cc([N+](=O)[O-])ccc4C3=C([N+](=O)[O-])C=C2[N+](=O)[O-])c1. The Morgan fingerprint density at radius 2 is 1.43 bits per heavy atom. The van der Waals surface area contributed by atoms with Gasteiger partial charge in [-0.15, -0.1) is 0 Å². The van der Waals surface area contributed by atoms with Crippen molar-refractivity contribution >= 4 is 28.7 Å². The molecule has 0 atom stereocenters. The lowest BCUT2D eigenvalue weighted by molar-refractivity contribution is -0.428. The van der Waals surface area contributed by atoms with Gasteiger partial charge in [0.1, 0.15) is 5.71 Å². The summed E-state index contributed by atoms with van der Waals surface area (Å²) in [6, 6.07) is 9.85. The van der Waals surface area contributed by atoms with Crippen molar-refractivity contribution in [3.63, 3.8) is 0 Å². The molecule has 2 aliphatic rings. The van der Waals surface area contributed by atoms with Crippen LogP contribution in [0.5, 0.6) is 0 Å². The van der Waals surface area contributed by atoms with Crippen LogP contribution < -0.4 is 0 Å². The van der Waals surface area contributed by atoms with Crippen molar-refractivity contribution in [1.29, 1.82) is 0 Å². The summed E-state index contributed by atoms with van der Waals surface area (Å²) in [5.41, 5.74) is 1.71. The maximum atomic E-state index is 12.1. The average Bonchev–Trinajstić information content (AvgIpc) is 3.16. The summed E-state index contributed by atoms with van der Waals surface area (Å²) >= 11 is 0. The van der Waals surface area contributed by atoms with Crippen molar-refractivity contribution in [2.75, 3.05) is 0 Å². The van der Waals surface area contributed by atoms with E-state index in [1.54, 1.807) is 0 Å². The number of nitrogens with zero attached hydrogens (tertiary/aromatic N) is 4. The van der Waals surface area contributed by atoms with Gasteiger partial charge in [-0.25, -0.2) is 4.99 Å². The van der Waals surface area contributed by atoms with E-state index in [9.17, 15) is 30.3 Å². The fourth-order valence-electron chi connectivity index (χ4n) is 4.50. The Labute approximate surface area is 213 Å². The van der Waals surface area contributed by atoms with Gasteiger partial charge in [-0.2, -0.15) is 0 Å². The van der Waals surface area contributed by atoms with Gasteiger partial charge in [0.05, 0.1) is 32.1 Å². The van der Waals surface area contributed by atoms with E-state index >= 15 is 0 Å². The fraction of sp³-hybridized carbons (Fsp3) is 0.296. The van der Waals surface area contributed by atoms with Gasteiger partial charge in [-0.1, -0.05) is 53.7 Å². The van der Waals surface area contributed by atoms with Crippen molar-refractivity contribution in [2.45, 2.75) is 52.4 Å². The van der Waals surface area contributed by atoms with E-state index in [0.29, 0.717) is 16.8 Å². The number of rotatable bonds is 4. The summed E-state index contributed by atoms with van der Waals surface area (Å²) < 4.78 is 0. The number of nitro groups is 3. The first-order chi connectivity index (χ1) is 17.1. The molecule has 2 aromatic rings. The van der Waals surface area contributed by atoms with Crippen LogP contribution in [0.2, 0.25) is 0 Å². The van der Waals surface area contributed by atoms with Crippen molar-refractivity contribution in [1.82, 2.24) is 0 Å². The molecule has 0 bridgehead atoms. The van der Waals surface area contributed by atoms with Crippen LogP contribution in [0.3, 0.4) is 0 Å². The third-order valence-corrected chi connectivity index (χ3v) is 6.41. The molecule has 4 rings (SSSR count). The lowest BCUT2D eigenvalue weighted by atomic mass is 9.81. The summed E-state index contributed by atoms with van der Waals surface area (Å²) in [6.07, 6.45) is 2.42. The third kappa shape index (κ3) is 4.57. The largest absolute Gasteiger partial charge is 0.302 e. The highest BCUT2D eigenvalue weighted by molar-refractivity contribution is 6.28. The molecule has 0 aromatic heterocycles. The average molecular weight is 503 g/mol. The minimum atomic E-state index is -0.685. The number of hydrogen-bond donors (Lipinski definition) is 0. The van der Waals surface area contributed by atoms with Gasteiger partial charge in [0, 0.05) is 17.7 Å². The van der Waals surface area contributed by atoms with E-state index in [-0.39, 0.29) is 33.4 Å². The highest BCUT2D eigenvalue weighted by atomic mass is 16.6. The van der Waals surface area contributed by atoms with Crippen LogP contribution in [-0.2, 0) is 10.8 Å². The zero-order valence-corrected chi connectivity index (χ0v) is 21.4. The molecule has 0 fully saturated rings. The molecule has 0 unspecified atom stereocenters. The molecule has 10 heteroatoms. The van der Waals surface area contributed by atoms with Crippen LogP contribution in [0.4, 0.5) is 11.4 Å². The first-order valence-electron chi connectivity index (χ1n) is 11.6. The maximum absolute atomic E-state index is 12.1. The normalized spacial score (nSPS) is 16.2. The summed E-state index contributed by atoms with van der Waals surface area (Å²) in [5.74, 6) is 0. The van der Waals surface area contributed by atoms with Gasteiger partial charge in [-0.3, -0.25) is 30.3 Å². The quantitative estimate of drug-likeness (QED) is 0.344.